The van der Waals surface area contributed by atoms with Crippen molar-refractivity contribution in [1.82, 2.24) is 14.9 Å². The summed E-state index contributed by atoms with van der Waals surface area (Å²) < 4.78 is 5.40. The van der Waals surface area contributed by atoms with Crippen LogP contribution in [0, 0.1) is 5.92 Å². The maximum atomic E-state index is 13.0. The zero-order valence-electron chi connectivity index (χ0n) is 13.3. The molecular weight excluding hydrogens is 290 g/mol. The van der Waals surface area contributed by atoms with E-state index in [0.29, 0.717) is 19.1 Å². The Morgan fingerprint density at radius 2 is 2.00 bits per heavy atom. The van der Waals surface area contributed by atoms with Crippen LogP contribution in [0.5, 0.6) is 0 Å². The number of nitrogens with zero attached hydrogens (tertiary/aromatic N) is 2. The van der Waals surface area contributed by atoms with Gasteiger partial charge in [-0.1, -0.05) is 12.1 Å². The highest BCUT2D eigenvalue weighted by Gasteiger charge is 2.34. The average Bonchev–Trinajstić information content (AvgIpc) is 3.06. The van der Waals surface area contributed by atoms with E-state index in [2.05, 4.69) is 9.88 Å². The van der Waals surface area contributed by atoms with Gasteiger partial charge >= 0.3 is 0 Å². The number of piperidine rings is 1. The van der Waals surface area contributed by atoms with Crippen LogP contribution in [0.2, 0.25) is 0 Å². The molecular formula is C18H23N3O2. The fourth-order valence-electron chi connectivity index (χ4n) is 3.79. The van der Waals surface area contributed by atoms with Gasteiger partial charge in [-0.15, -0.1) is 0 Å². The van der Waals surface area contributed by atoms with Crippen molar-refractivity contribution in [3.8, 4) is 0 Å². The molecule has 0 radical (unpaired) electrons. The molecule has 1 N–H and O–H groups in total. The van der Waals surface area contributed by atoms with E-state index in [9.17, 15) is 4.79 Å². The van der Waals surface area contributed by atoms with Gasteiger partial charge in [0, 0.05) is 25.7 Å². The summed E-state index contributed by atoms with van der Waals surface area (Å²) >= 11 is 0. The number of fused-ring (bicyclic) bond motifs is 1. The van der Waals surface area contributed by atoms with Gasteiger partial charge in [-0.2, -0.15) is 0 Å². The van der Waals surface area contributed by atoms with E-state index in [1.807, 2.05) is 24.3 Å². The van der Waals surface area contributed by atoms with E-state index in [1.165, 1.54) is 0 Å². The fraction of sp³-hybridized carbons (Fsp3) is 0.556. The molecule has 0 saturated carbocycles. The lowest BCUT2D eigenvalue weighted by Crippen LogP contribution is -2.43. The molecule has 0 bridgehead atoms. The minimum absolute atomic E-state index is 0.0893. The Bertz CT molecular complexity index is 657. The Morgan fingerprint density at radius 3 is 2.83 bits per heavy atom. The standard InChI is InChI=1S/C18H23N3O2/c22-18(13-8-11-23-12-9-13)21-10-4-3-7-16(21)17-19-14-5-1-2-6-15(14)20-17/h1-2,5-6,13,16H,3-4,7-12H2,(H,19,20)/t16-/m1/s1. The second kappa shape index (κ2) is 6.32. The van der Waals surface area contributed by atoms with Gasteiger partial charge in [0.2, 0.25) is 5.91 Å². The van der Waals surface area contributed by atoms with Crippen LogP contribution in [0.4, 0.5) is 0 Å². The SMILES string of the molecule is O=C(C1CCOCC1)N1CCCC[C@@H]1c1nc2ccccc2[nH]1. The number of aromatic nitrogens is 2. The summed E-state index contributed by atoms with van der Waals surface area (Å²) in [6.07, 6.45) is 4.93. The number of likely N-dealkylation sites (tertiary alicyclic amines) is 1. The number of H-pyrrole nitrogens is 1. The highest BCUT2D eigenvalue weighted by atomic mass is 16.5. The Morgan fingerprint density at radius 1 is 1.17 bits per heavy atom. The van der Waals surface area contributed by atoms with Crippen LogP contribution in [0.25, 0.3) is 11.0 Å². The number of ether oxygens (including phenoxy) is 1. The van der Waals surface area contributed by atoms with Crippen molar-refractivity contribution in [3.63, 3.8) is 0 Å². The van der Waals surface area contributed by atoms with Gasteiger partial charge in [0.25, 0.3) is 0 Å². The van der Waals surface area contributed by atoms with Gasteiger partial charge in [0.15, 0.2) is 0 Å². The molecule has 0 unspecified atom stereocenters. The molecule has 2 aliphatic rings. The lowest BCUT2D eigenvalue weighted by atomic mass is 9.94. The summed E-state index contributed by atoms with van der Waals surface area (Å²) in [5.41, 5.74) is 2.03. The molecule has 2 aliphatic heterocycles. The first-order valence-electron chi connectivity index (χ1n) is 8.66. The topological polar surface area (TPSA) is 58.2 Å². The number of imidazole rings is 1. The largest absolute Gasteiger partial charge is 0.381 e. The third-order valence-electron chi connectivity index (χ3n) is 5.08. The lowest BCUT2D eigenvalue weighted by Gasteiger charge is -2.37. The number of amides is 1. The van der Waals surface area contributed by atoms with E-state index >= 15 is 0 Å². The van der Waals surface area contributed by atoms with E-state index in [0.717, 1.165) is 55.5 Å². The van der Waals surface area contributed by atoms with Gasteiger partial charge < -0.3 is 14.6 Å². The number of para-hydroxylation sites is 2. The Balaban J connectivity index is 1.60. The molecule has 3 heterocycles. The number of carbonyl (C=O) groups excluding carboxylic acids is 1. The van der Waals surface area contributed by atoms with E-state index < -0.39 is 0 Å². The third-order valence-corrected chi connectivity index (χ3v) is 5.08. The van der Waals surface area contributed by atoms with Crippen molar-refractivity contribution in [1.29, 1.82) is 0 Å². The summed E-state index contributed by atoms with van der Waals surface area (Å²) in [6.45, 7) is 2.26. The van der Waals surface area contributed by atoms with Crippen molar-refractivity contribution >= 4 is 16.9 Å². The Kier molecular flexibility index (Phi) is 4.04. The first-order valence-corrected chi connectivity index (χ1v) is 8.66. The molecule has 5 nitrogen and oxygen atoms in total. The van der Waals surface area contributed by atoms with Crippen LogP contribution in [-0.4, -0.2) is 40.5 Å². The van der Waals surface area contributed by atoms with Crippen molar-refractivity contribution in [2.24, 2.45) is 5.92 Å². The predicted molar refractivity (Wildman–Crippen MR) is 87.9 cm³/mol. The molecule has 122 valence electrons. The number of hydrogen-bond donors (Lipinski definition) is 1. The van der Waals surface area contributed by atoms with Crippen LogP contribution in [0.1, 0.15) is 44.0 Å². The van der Waals surface area contributed by atoms with Crippen molar-refractivity contribution in [2.45, 2.75) is 38.1 Å². The van der Waals surface area contributed by atoms with Crippen LogP contribution >= 0.6 is 0 Å². The molecule has 2 fully saturated rings. The van der Waals surface area contributed by atoms with Gasteiger partial charge in [0.1, 0.15) is 5.82 Å². The van der Waals surface area contributed by atoms with Gasteiger partial charge in [-0.05, 0) is 44.2 Å². The molecule has 5 heteroatoms. The van der Waals surface area contributed by atoms with E-state index in [-0.39, 0.29) is 12.0 Å². The van der Waals surface area contributed by atoms with Crippen LogP contribution in [-0.2, 0) is 9.53 Å². The molecule has 4 rings (SSSR count). The summed E-state index contributed by atoms with van der Waals surface area (Å²) in [4.78, 5) is 23.2. The van der Waals surface area contributed by atoms with Crippen molar-refractivity contribution in [3.05, 3.63) is 30.1 Å². The van der Waals surface area contributed by atoms with E-state index in [4.69, 9.17) is 9.72 Å². The number of aromatic amines is 1. The number of hydrogen-bond acceptors (Lipinski definition) is 3. The molecule has 0 aliphatic carbocycles. The maximum absolute atomic E-state index is 13.0. The zero-order valence-corrected chi connectivity index (χ0v) is 13.3. The molecule has 2 saturated heterocycles. The number of nitrogens with one attached hydrogen (secondary N) is 1. The zero-order chi connectivity index (χ0) is 15.6. The molecule has 23 heavy (non-hydrogen) atoms. The van der Waals surface area contributed by atoms with E-state index in [1.54, 1.807) is 0 Å². The quantitative estimate of drug-likeness (QED) is 0.927. The Labute approximate surface area is 136 Å². The minimum atomic E-state index is 0.0893. The molecule has 2 aromatic rings. The molecule has 1 aromatic carbocycles. The second-order valence-electron chi connectivity index (χ2n) is 6.57. The highest BCUT2D eigenvalue weighted by Crippen LogP contribution is 2.33. The average molecular weight is 313 g/mol. The number of carbonyl (C=O) groups is 1. The van der Waals surface area contributed by atoms with Crippen LogP contribution < -0.4 is 0 Å². The van der Waals surface area contributed by atoms with Crippen LogP contribution in [0.3, 0.4) is 0 Å². The van der Waals surface area contributed by atoms with Gasteiger partial charge in [0.05, 0.1) is 17.1 Å². The fourth-order valence-corrected chi connectivity index (χ4v) is 3.79. The lowest BCUT2D eigenvalue weighted by molar-refractivity contribution is -0.142. The van der Waals surface area contributed by atoms with Crippen LogP contribution in [0.15, 0.2) is 24.3 Å². The van der Waals surface area contributed by atoms with Crippen molar-refractivity contribution < 1.29 is 9.53 Å². The summed E-state index contributed by atoms with van der Waals surface area (Å²) in [5.74, 6) is 1.35. The summed E-state index contributed by atoms with van der Waals surface area (Å²) in [7, 11) is 0. The van der Waals surface area contributed by atoms with Gasteiger partial charge in [-0.3, -0.25) is 4.79 Å². The smallest absolute Gasteiger partial charge is 0.226 e. The number of rotatable bonds is 2. The highest BCUT2D eigenvalue weighted by molar-refractivity contribution is 5.80. The normalized spacial score (nSPS) is 23.3. The molecule has 1 aromatic heterocycles. The third kappa shape index (κ3) is 2.85. The Hall–Kier alpha value is -1.88. The minimum Gasteiger partial charge on any atom is -0.381 e. The molecule has 1 atom stereocenters. The molecule has 0 spiro atoms. The van der Waals surface area contributed by atoms with Gasteiger partial charge in [-0.25, -0.2) is 4.98 Å². The summed E-state index contributed by atoms with van der Waals surface area (Å²) in [6, 6.07) is 8.16. The predicted octanol–water partition coefficient (Wildman–Crippen LogP) is 3.04. The van der Waals surface area contributed by atoms with Crippen molar-refractivity contribution in [2.75, 3.05) is 19.8 Å². The first kappa shape index (κ1) is 14.7. The number of benzene rings is 1. The second-order valence-corrected chi connectivity index (χ2v) is 6.57. The first-order chi connectivity index (χ1) is 11.3. The molecule has 1 amide bonds. The monoisotopic (exact) mass is 313 g/mol. The summed E-state index contributed by atoms with van der Waals surface area (Å²) in [5, 5.41) is 0. The maximum Gasteiger partial charge on any atom is 0.226 e.